The smallest absolute Gasteiger partial charge is 0.152 e. The molecule has 0 aromatic heterocycles. The molecule has 3 atom stereocenters. The number of hydrogen-bond donors (Lipinski definition) is 1. The first-order valence-electron chi connectivity index (χ1n) is 7.99. The third-order valence-corrected chi connectivity index (χ3v) is 7.62. The van der Waals surface area contributed by atoms with Gasteiger partial charge in [0.05, 0.1) is 17.6 Å². The van der Waals surface area contributed by atoms with Crippen LogP contribution in [0.5, 0.6) is 0 Å². The van der Waals surface area contributed by atoms with Crippen LogP contribution in [-0.2, 0) is 14.6 Å². The van der Waals surface area contributed by atoms with E-state index in [9.17, 15) is 8.42 Å². The molecule has 0 aromatic carbocycles. The van der Waals surface area contributed by atoms with E-state index in [4.69, 9.17) is 4.74 Å². The molecule has 1 heterocycles. The Kier molecular flexibility index (Phi) is 3.67. The molecular weight excluding hydrogens is 274 g/mol. The van der Waals surface area contributed by atoms with Gasteiger partial charge in [-0.25, -0.2) is 8.42 Å². The van der Waals surface area contributed by atoms with Gasteiger partial charge in [-0.15, -0.1) is 0 Å². The molecule has 0 amide bonds. The number of ether oxygens (including phenoxy) is 1. The van der Waals surface area contributed by atoms with Crippen LogP contribution in [0, 0.1) is 5.41 Å². The molecule has 0 bridgehead atoms. The highest BCUT2D eigenvalue weighted by Crippen LogP contribution is 2.55. The van der Waals surface area contributed by atoms with Crippen molar-refractivity contribution in [3.8, 4) is 0 Å². The first kappa shape index (κ1) is 14.8. The van der Waals surface area contributed by atoms with Crippen molar-refractivity contribution in [3.63, 3.8) is 0 Å². The zero-order chi connectivity index (χ0) is 14.4. The van der Waals surface area contributed by atoms with Gasteiger partial charge in [-0.1, -0.05) is 12.8 Å². The lowest BCUT2D eigenvalue weighted by atomic mass is 9.60. The number of nitrogens with one attached hydrogen (secondary N) is 1. The molecule has 3 rings (SSSR count). The molecule has 1 N–H and O–H groups in total. The van der Waals surface area contributed by atoms with E-state index in [1.54, 1.807) is 0 Å². The minimum atomic E-state index is -2.84. The van der Waals surface area contributed by atoms with E-state index in [0.29, 0.717) is 23.7 Å². The summed E-state index contributed by atoms with van der Waals surface area (Å²) in [6.07, 6.45) is 7.23. The lowest BCUT2D eigenvalue weighted by Crippen LogP contribution is -2.67. The van der Waals surface area contributed by atoms with E-state index < -0.39 is 9.84 Å². The second-order valence-corrected chi connectivity index (χ2v) is 9.40. The molecule has 0 aromatic rings. The fraction of sp³-hybridized carbons (Fsp3) is 1.00. The normalized spacial score (nSPS) is 41.9. The summed E-state index contributed by atoms with van der Waals surface area (Å²) >= 11 is 0. The first-order valence-corrected chi connectivity index (χ1v) is 9.81. The summed E-state index contributed by atoms with van der Waals surface area (Å²) in [5.74, 6) is 0.636. The molecule has 1 spiro atoms. The summed E-state index contributed by atoms with van der Waals surface area (Å²) in [6.45, 7) is 4.92. The Morgan fingerprint density at radius 3 is 2.50 bits per heavy atom. The maximum absolute atomic E-state index is 11.7. The molecule has 20 heavy (non-hydrogen) atoms. The molecule has 3 unspecified atom stereocenters. The minimum absolute atomic E-state index is 0.226. The van der Waals surface area contributed by atoms with E-state index in [1.165, 1.54) is 25.7 Å². The first-order chi connectivity index (χ1) is 9.39. The van der Waals surface area contributed by atoms with Crippen molar-refractivity contribution in [2.75, 3.05) is 18.1 Å². The van der Waals surface area contributed by atoms with Crippen molar-refractivity contribution in [1.82, 2.24) is 5.32 Å². The highest BCUT2D eigenvalue weighted by atomic mass is 32.2. The summed E-state index contributed by atoms with van der Waals surface area (Å²) < 4.78 is 29.4. The van der Waals surface area contributed by atoms with Crippen molar-refractivity contribution in [1.29, 1.82) is 0 Å². The van der Waals surface area contributed by atoms with Crippen molar-refractivity contribution in [2.45, 2.75) is 70.1 Å². The summed E-state index contributed by atoms with van der Waals surface area (Å²) in [6, 6.07) is 0.444. The zero-order valence-corrected chi connectivity index (χ0v) is 13.5. The van der Waals surface area contributed by atoms with Gasteiger partial charge in [0.2, 0.25) is 0 Å². The molecular formula is C15H27NO3S. The lowest BCUT2D eigenvalue weighted by molar-refractivity contribution is -0.135. The highest BCUT2D eigenvalue weighted by molar-refractivity contribution is 7.91. The van der Waals surface area contributed by atoms with Crippen LogP contribution in [0.15, 0.2) is 0 Å². The fourth-order valence-corrected chi connectivity index (χ4v) is 6.74. The molecule has 3 fully saturated rings. The van der Waals surface area contributed by atoms with Crippen LogP contribution in [-0.4, -0.2) is 44.2 Å². The zero-order valence-electron chi connectivity index (χ0n) is 12.7. The summed E-state index contributed by atoms with van der Waals surface area (Å²) in [5, 5.41) is 3.71. The molecule has 2 aliphatic carbocycles. The van der Waals surface area contributed by atoms with Gasteiger partial charge in [-0.05, 0) is 39.5 Å². The SMILES string of the molecule is CCOC1CC(NC2(C)CCS(=O)(=O)C2)C12CCCC2. The minimum Gasteiger partial charge on any atom is -0.378 e. The quantitative estimate of drug-likeness (QED) is 0.861. The Labute approximate surface area is 122 Å². The maximum atomic E-state index is 11.7. The number of sulfone groups is 1. The highest BCUT2D eigenvalue weighted by Gasteiger charge is 2.58. The molecule has 5 heteroatoms. The third-order valence-electron chi connectivity index (χ3n) is 5.71. The Balaban J connectivity index is 1.69. The summed E-state index contributed by atoms with van der Waals surface area (Å²) in [5.41, 5.74) is 0.0572. The van der Waals surface area contributed by atoms with E-state index in [1.807, 2.05) is 0 Å². The lowest BCUT2D eigenvalue weighted by Gasteiger charge is -2.56. The Morgan fingerprint density at radius 1 is 1.25 bits per heavy atom. The van der Waals surface area contributed by atoms with Crippen molar-refractivity contribution in [2.24, 2.45) is 5.41 Å². The topological polar surface area (TPSA) is 55.4 Å². The average molecular weight is 301 g/mol. The van der Waals surface area contributed by atoms with Gasteiger partial charge in [0, 0.05) is 23.6 Å². The van der Waals surface area contributed by atoms with Gasteiger partial charge in [-0.3, -0.25) is 0 Å². The second kappa shape index (κ2) is 4.96. The molecule has 0 radical (unpaired) electrons. The molecule has 116 valence electrons. The predicted octanol–water partition coefficient (Wildman–Crippen LogP) is 1.89. The third kappa shape index (κ3) is 2.42. The van der Waals surface area contributed by atoms with Crippen LogP contribution in [0.2, 0.25) is 0 Å². The van der Waals surface area contributed by atoms with Gasteiger partial charge in [0.15, 0.2) is 9.84 Å². The van der Waals surface area contributed by atoms with Gasteiger partial charge < -0.3 is 10.1 Å². The Bertz CT molecular complexity index is 470. The van der Waals surface area contributed by atoms with Gasteiger partial charge in [0.25, 0.3) is 0 Å². The molecule has 4 nitrogen and oxygen atoms in total. The van der Waals surface area contributed by atoms with Gasteiger partial charge in [-0.2, -0.15) is 0 Å². The number of hydrogen-bond acceptors (Lipinski definition) is 4. The molecule has 3 aliphatic rings. The van der Waals surface area contributed by atoms with E-state index in [-0.39, 0.29) is 11.0 Å². The molecule has 1 aliphatic heterocycles. The van der Waals surface area contributed by atoms with Crippen molar-refractivity contribution >= 4 is 9.84 Å². The van der Waals surface area contributed by atoms with Crippen molar-refractivity contribution < 1.29 is 13.2 Å². The van der Waals surface area contributed by atoms with Gasteiger partial charge in [0.1, 0.15) is 0 Å². The average Bonchev–Trinajstić information content (AvgIpc) is 2.95. The Morgan fingerprint density at radius 2 is 1.95 bits per heavy atom. The van der Waals surface area contributed by atoms with Crippen LogP contribution in [0.4, 0.5) is 0 Å². The second-order valence-electron chi connectivity index (χ2n) is 7.22. The molecule has 1 saturated heterocycles. The van der Waals surface area contributed by atoms with Crippen molar-refractivity contribution in [3.05, 3.63) is 0 Å². The monoisotopic (exact) mass is 301 g/mol. The van der Waals surface area contributed by atoms with Gasteiger partial charge >= 0.3 is 0 Å². The van der Waals surface area contributed by atoms with Crippen LogP contribution in [0.25, 0.3) is 0 Å². The standard InChI is InChI=1S/C15H27NO3S/c1-3-19-13-10-12(15(13)6-4-5-7-15)16-14(2)8-9-20(17,18)11-14/h12-13,16H,3-11H2,1-2H3. The summed E-state index contributed by atoms with van der Waals surface area (Å²) in [7, 11) is -2.84. The van der Waals surface area contributed by atoms with E-state index >= 15 is 0 Å². The largest absolute Gasteiger partial charge is 0.378 e. The number of rotatable bonds is 4. The summed E-state index contributed by atoms with van der Waals surface area (Å²) in [4.78, 5) is 0. The predicted molar refractivity (Wildman–Crippen MR) is 79.5 cm³/mol. The Hall–Kier alpha value is -0.130. The molecule has 2 saturated carbocycles. The van der Waals surface area contributed by atoms with E-state index in [0.717, 1.165) is 19.4 Å². The van der Waals surface area contributed by atoms with E-state index in [2.05, 4.69) is 19.2 Å². The van der Waals surface area contributed by atoms with Crippen LogP contribution in [0.1, 0.15) is 52.4 Å². The van der Waals surface area contributed by atoms with Crippen LogP contribution >= 0.6 is 0 Å². The van der Waals surface area contributed by atoms with Crippen LogP contribution < -0.4 is 5.32 Å². The van der Waals surface area contributed by atoms with Crippen LogP contribution in [0.3, 0.4) is 0 Å². The maximum Gasteiger partial charge on any atom is 0.152 e. The fourth-order valence-electron chi connectivity index (χ4n) is 4.63.